The lowest BCUT2D eigenvalue weighted by Gasteiger charge is -2.26. The smallest absolute Gasteiger partial charge is 0.209 e. The summed E-state index contributed by atoms with van der Waals surface area (Å²) < 4.78 is 21.3. The summed E-state index contributed by atoms with van der Waals surface area (Å²) in [5.41, 5.74) is 0.282. The number of rotatable bonds is 6. The monoisotopic (exact) mass is 207 g/mol. The molecule has 80 valence electrons. The number of hydrogen-bond acceptors (Lipinski definition) is 2. The zero-order chi connectivity index (χ0) is 10.5. The van der Waals surface area contributed by atoms with Crippen molar-refractivity contribution in [2.24, 2.45) is 10.6 Å². The van der Waals surface area contributed by atoms with E-state index in [1.165, 1.54) is 0 Å². The lowest BCUT2D eigenvalue weighted by molar-refractivity contribution is 0.270. The molecule has 0 fully saturated rings. The zero-order valence-electron chi connectivity index (χ0n) is 8.84. The molecule has 0 aromatic heterocycles. The Labute approximate surface area is 81.8 Å². The summed E-state index contributed by atoms with van der Waals surface area (Å²) in [6.07, 6.45) is 3.80. The van der Waals surface area contributed by atoms with E-state index < -0.39 is 10.0 Å². The lowest BCUT2D eigenvalue weighted by atomic mass is 9.81. The first-order valence-corrected chi connectivity index (χ1v) is 6.55. The molecule has 0 aliphatic heterocycles. The Morgan fingerprint density at radius 3 is 2.00 bits per heavy atom. The van der Waals surface area contributed by atoms with E-state index >= 15 is 0 Å². The van der Waals surface area contributed by atoms with Gasteiger partial charge in [-0.2, -0.15) is 0 Å². The molecule has 4 heteroatoms. The van der Waals surface area contributed by atoms with Crippen molar-refractivity contribution < 1.29 is 8.42 Å². The topological polar surface area (TPSA) is 60.2 Å². The van der Waals surface area contributed by atoms with Crippen molar-refractivity contribution in [3.63, 3.8) is 0 Å². The normalized spacial score (nSPS) is 13.2. The second-order valence-corrected chi connectivity index (χ2v) is 5.72. The molecular formula is C9H21NO2S. The van der Waals surface area contributed by atoms with Crippen molar-refractivity contribution in [2.45, 2.75) is 46.5 Å². The van der Waals surface area contributed by atoms with Crippen LogP contribution in [0.3, 0.4) is 0 Å². The molecule has 0 aliphatic carbocycles. The van der Waals surface area contributed by atoms with E-state index in [1.807, 2.05) is 0 Å². The molecule has 0 rings (SSSR count). The molecular weight excluding hydrogens is 186 g/mol. The molecule has 0 aromatic carbocycles. The van der Waals surface area contributed by atoms with Gasteiger partial charge in [-0.1, -0.05) is 33.6 Å². The fraction of sp³-hybridized carbons (Fsp3) is 1.00. The second-order valence-electron chi connectivity index (χ2n) is 3.99. The van der Waals surface area contributed by atoms with E-state index in [0.29, 0.717) is 6.42 Å². The van der Waals surface area contributed by atoms with Gasteiger partial charge in [-0.05, 0) is 18.3 Å². The first-order chi connectivity index (χ1) is 5.83. The summed E-state index contributed by atoms with van der Waals surface area (Å²) in [6.45, 7) is 6.47. The van der Waals surface area contributed by atoms with Gasteiger partial charge in [0.05, 0.1) is 5.75 Å². The molecule has 0 saturated carbocycles. The maximum absolute atomic E-state index is 10.7. The van der Waals surface area contributed by atoms with Crippen LogP contribution in [0.1, 0.15) is 46.5 Å². The summed E-state index contributed by atoms with van der Waals surface area (Å²) in [5, 5.41) is 4.92. The maximum Gasteiger partial charge on any atom is 0.209 e. The van der Waals surface area contributed by atoms with Crippen LogP contribution in [0.15, 0.2) is 0 Å². The van der Waals surface area contributed by atoms with Crippen molar-refractivity contribution in [3.8, 4) is 0 Å². The highest BCUT2D eigenvalue weighted by Crippen LogP contribution is 2.30. The van der Waals surface area contributed by atoms with Crippen LogP contribution in [0.5, 0.6) is 0 Å². The summed E-state index contributed by atoms with van der Waals surface area (Å²) in [4.78, 5) is 0. The van der Waals surface area contributed by atoms with Gasteiger partial charge >= 0.3 is 0 Å². The van der Waals surface area contributed by atoms with Crippen LogP contribution in [-0.2, 0) is 10.0 Å². The summed E-state index contributed by atoms with van der Waals surface area (Å²) in [6, 6.07) is 0. The minimum absolute atomic E-state index is 0.114. The van der Waals surface area contributed by atoms with Crippen LogP contribution in [0, 0.1) is 5.41 Å². The predicted molar refractivity (Wildman–Crippen MR) is 55.9 cm³/mol. The molecule has 0 heterocycles. The number of nitrogens with two attached hydrogens (primary N) is 1. The van der Waals surface area contributed by atoms with Crippen LogP contribution < -0.4 is 5.14 Å². The molecule has 0 atom stereocenters. The SMILES string of the molecule is CCC(C)(CC)CCCS(N)(=O)=O. The highest BCUT2D eigenvalue weighted by molar-refractivity contribution is 7.89. The van der Waals surface area contributed by atoms with Gasteiger partial charge < -0.3 is 0 Å². The first kappa shape index (κ1) is 12.9. The molecule has 13 heavy (non-hydrogen) atoms. The Hall–Kier alpha value is -0.0900. The van der Waals surface area contributed by atoms with Gasteiger partial charge in [-0.25, -0.2) is 13.6 Å². The first-order valence-electron chi connectivity index (χ1n) is 4.83. The van der Waals surface area contributed by atoms with Crippen LogP contribution in [0.4, 0.5) is 0 Å². The Balaban J connectivity index is 3.88. The van der Waals surface area contributed by atoms with E-state index in [9.17, 15) is 8.42 Å². The predicted octanol–water partition coefficient (Wildman–Crippen LogP) is 1.88. The third-order valence-corrected chi connectivity index (χ3v) is 3.77. The highest BCUT2D eigenvalue weighted by atomic mass is 32.2. The largest absolute Gasteiger partial charge is 0.229 e. The second kappa shape index (κ2) is 4.96. The standard InChI is InChI=1S/C9H21NO2S/c1-4-9(3,5-2)7-6-8-13(10,11)12/h4-8H2,1-3H3,(H2,10,11,12). The van der Waals surface area contributed by atoms with Crippen LogP contribution in [0.2, 0.25) is 0 Å². The Kier molecular flexibility index (Phi) is 4.92. The third-order valence-electron chi connectivity index (χ3n) is 2.92. The fourth-order valence-corrected chi connectivity index (χ4v) is 1.85. The Morgan fingerprint density at radius 1 is 1.23 bits per heavy atom. The van der Waals surface area contributed by atoms with Gasteiger partial charge in [0, 0.05) is 0 Å². The van der Waals surface area contributed by atoms with Crippen LogP contribution in [0.25, 0.3) is 0 Å². The van der Waals surface area contributed by atoms with Crippen molar-refractivity contribution >= 4 is 10.0 Å². The average Bonchev–Trinajstić information content (AvgIpc) is 2.02. The van der Waals surface area contributed by atoms with Gasteiger partial charge in [0.2, 0.25) is 10.0 Å². The number of sulfonamides is 1. The summed E-state index contributed by atoms with van der Waals surface area (Å²) >= 11 is 0. The minimum atomic E-state index is -3.26. The molecule has 3 nitrogen and oxygen atoms in total. The van der Waals surface area contributed by atoms with Gasteiger partial charge in [0.1, 0.15) is 0 Å². The Bertz CT molecular complexity index is 230. The van der Waals surface area contributed by atoms with E-state index in [0.717, 1.165) is 19.3 Å². The van der Waals surface area contributed by atoms with Crippen molar-refractivity contribution in [2.75, 3.05) is 5.75 Å². The molecule has 0 saturated heterocycles. The van der Waals surface area contributed by atoms with E-state index in [-0.39, 0.29) is 11.2 Å². The van der Waals surface area contributed by atoms with Gasteiger partial charge in [0.25, 0.3) is 0 Å². The highest BCUT2D eigenvalue weighted by Gasteiger charge is 2.19. The number of hydrogen-bond donors (Lipinski definition) is 1. The molecule has 2 N–H and O–H groups in total. The molecule has 0 aliphatic rings. The van der Waals surface area contributed by atoms with Crippen molar-refractivity contribution in [1.82, 2.24) is 0 Å². The summed E-state index contributed by atoms with van der Waals surface area (Å²) in [5.74, 6) is 0.114. The van der Waals surface area contributed by atoms with Crippen molar-refractivity contribution in [1.29, 1.82) is 0 Å². The van der Waals surface area contributed by atoms with Crippen LogP contribution >= 0.6 is 0 Å². The van der Waals surface area contributed by atoms with Crippen LogP contribution in [-0.4, -0.2) is 14.2 Å². The van der Waals surface area contributed by atoms with Gasteiger partial charge in [-0.15, -0.1) is 0 Å². The van der Waals surface area contributed by atoms with E-state index in [1.54, 1.807) is 0 Å². The lowest BCUT2D eigenvalue weighted by Crippen LogP contribution is -2.20. The van der Waals surface area contributed by atoms with Crippen molar-refractivity contribution in [3.05, 3.63) is 0 Å². The molecule has 0 unspecified atom stereocenters. The fourth-order valence-electron chi connectivity index (χ4n) is 1.30. The summed E-state index contributed by atoms with van der Waals surface area (Å²) in [7, 11) is -3.26. The molecule has 0 aromatic rings. The minimum Gasteiger partial charge on any atom is -0.229 e. The van der Waals surface area contributed by atoms with E-state index in [4.69, 9.17) is 5.14 Å². The van der Waals surface area contributed by atoms with Gasteiger partial charge in [-0.3, -0.25) is 0 Å². The third kappa shape index (κ3) is 6.05. The van der Waals surface area contributed by atoms with Gasteiger partial charge in [0.15, 0.2) is 0 Å². The van der Waals surface area contributed by atoms with E-state index in [2.05, 4.69) is 20.8 Å². The molecule has 0 bridgehead atoms. The average molecular weight is 207 g/mol. The quantitative estimate of drug-likeness (QED) is 0.723. The number of primary sulfonamides is 1. The molecule has 0 radical (unpaired) electrons. The zero-order valence-corrected chi connectivity index (χ0v) is 9.65. The molecule has 0 amide bonds. The molecule has 0 spiro atoms. The maximum atomic E-state index is 10.7. The Morgan fingerprint density at radius 2 is 1.69 bits per heavy atom.